The number of rotatable bonds is 5. The van der Waals surface area contributed by atoms with E-state index in [0.717, 1.165) is 12.0 Å². The summed E-state index contributed by atoms with van der Waals surface area (Å²) in [5.74, 6) is -1.29. The lowest BCUT2D eigenvalue weighted by Gasteiger charge is -2.29. The van der Waals surface area contributed by atoms with Gasteiger partial charge in [-0.25, -0.2) is 9.96 Å². The van der Waals surface area contributed by atoms with E-state index < -0.39 is 24.0 Å². The first-order chi connectivity index (χ1) is 16.4. The lowest BCUT2D eigenvalue weighted by atomic mass is 9.90. The number of hydrogen-bond acceptors (Lipinski definition) is 6. The quantitative estimate of drug-likeness (QED) is 0.486. The standard InChI is InChI=1S/C26H23BrN2O5/c1-3-15-9-11-17(12-10-15)28-25(31)21-22(16-13-19(27)23(30)20(14-16)33-2)29(34-24(21)26(28)32)18-7-5-4-6-8-18/h4-14,21-22,24,30H,3H2,1-2H3. The van der Waals surface area contributed by atoms with Crippen molar-refractivity contribution >= 4 is 39.1 Å². The van der Waals surface area contributed by atoms with E-state index in [4.69, 9.17) is 9.57 Å². The van der Waals surface area contributed by atoms with Gasteiger partial charge in [0.2, 0.25) is 5.91 Å². The summed E-state index contributed by atoms with van der Waals surface area (Å²) in [7, 11) is 1.46. The van der Waals surface area contributed by atoms with Gasteiger partial charge in [-0.1, -0.05) is 37.3 Å². The van der Waals surface area contributed by atoms with Gasteiger partial charge in [0.05, 0.1) is 29.0 Å². The number of carbonyl (C=O) groups is 2. The van der Waals surface area contributed by atoms with E-state index in [0.29, 0.717) is 21.4 Å². The molecule has 0 saturated carbocycles. The van der Waals surface area contributed by atoms with Crippen molar-refractivity contribution in [3.05, 3.63) is 82.3 Å². The Hall–Kier alpha value is -3.36. The van der Waals surface area contributed by atoms with Gasteiger partial charge in [0.15, 0.2) is 17.6 Å². The molecule has 8 heteroatoms. The van der Waals surface area contributed by atoms with E-state index in [-0.39, 0.29) is 17.4 Å². The summed E-state index contributed by atoms with van der Waals surface area (Å²) < 4.78 is 5.76. The van der Waals surface area contributed by atoms with Gasteiger partial charge in [-0.3, -0.25) is 14.4 Å². The van der Waals surface area contributed by atoms with E-state index in [9.17, 15) is 14.7 Å². The zero-order chi connectivity index (χ0) is 24.0. The Morgan fingerprint density at radius 3 is 2.35 bits per heavy atom. The van der Waals surface area contributed by atoms with Crippen LogP contribution in [0.2, 0.25) is 0 Å². The first kappa shape index (κ1) is 22.4. The van der Waals surface area contributed by atoms with Crippen LogP contribution in [0.25, 0.3) is 0 Å². The SMILES string of the molecule is CCc1ccc(N2C(=O)C3ON(c4ccccc4)C(c4cc(Br)c(O)c(OC)c4)C3C2=O)cc1. The van der Waals surface area contributed by atoms with Crippen LogP contribution in [0.4, 0.5) is 11.4 Å². The number of fused-ring (bicyclic) bond motifs is 1. The number of imide groups is 1. The van der Waals surface area contributed by atoms with E-state index in [2.05, 4.69) is 15.9 Å². The van der Waals surface area contributed by atoms with Crippen LogP contribution in [0.3, 0.4) is 0 Å². The highest BCUT2D eigenvalue weighted by Gasteiger charge is 2.60. The van der Waals surface area contributed by atoms with Crippen LogP contribution in [-0.4, -0.2) is 30.1 Å². The fourth-order valence-electron chi connectivity index (χ4n) is 4.61. The van der Waals surface area contributed by atoms with Crippen LogP contribution in [0.15, 0.2) is 71.2 Å². The highest BCUT2D eigenvalue weighted by molar-refractivity contribution is 9.10. The first-order valence-electron chi connectivity index (χ1n) is 11.0. The summed E-state index contributed by atoms with van der Waals surface area (Å²) in [4.78, 5) is 34.5. The summed E-state index contributed by atoms with van der Waals surface area (Å²) in [5, 5.41) is 11.9. The van der Waals surface area contributed by atoms with Crippen LogP contribution >= 0.6 is 15.9 Å². The fourth-order valence-corrected chi connectivity index (χ4v) is 5.07. The number of phenols is 1. The number of nitrogens with zero attached hydrogens (tertiary/aromatic N) is 2. The molecular formula is C26H23BrN2O5. The third-order valence-corrected chi connectivity index (χ3v) is 6.95. The summed E-state index contributed by atoms with van der Waals surface area (Å²) in [5.41, 5.74) is 3.03. The minimum Gasteiger partial charge on any atom is -0.503 e. The summed E-state index contributed by atoms with van der Waals surface area (Å²) in [6.07, 6.45) is -0.107. The van der Waals surface area contributed by atoms with Crippen LogP contribution in [0.5, 0.6) is 11.5 Å². The normalized spacial score (nSPS) is 21.8. The van der Waals surface area contributed by atoms with E-state index in [1.807, 2.05) is 49.4 Å². The van der Waals surface area contributed by atoms with Crippen molar-refractivity contribution < 1.29 is 24.3 Å². The van der Waals surface area contributed by atoms with Crippen molar-refractivity contribution in [1.29, 1.82) is 0 Å². The van der Waals surface area contributed by atoms with Gasteiger partial charge in [-0.2, -0.15) is 0 Å². The van der Waals surface area contributed by atoms with Crippen LogP contribution in [-0.2, 0) is 20.8 Å². The predicted octanol–water partition coefficient (Wildman–Crippen LogP) is 4.78. The Kier molecular flexibility index (Phi) is 5.79. The molecule has 0 bridgehead atoms. The highest BCUT2D eigenvalue weighted by Crippen LogP contribution is 2.49. The van der Waals surface area contributed by atoms with Gasteiger partial charge in [-0.15, -0.1) is 0 Å². The third kappa shape index (κ3) is 3.54. The fraction of sp³-hybridized carbons (Fsp3) is 0.231. The molecule has 3 atom stereocenters. The third-order valence-electron chi connectivity index (χ3n) is 6.34. The Balaban J connectivity index is 1.60. The summed E-state index contributed by atoms with van der Waals surface area (Å²) in [6, 6.07) is 19.5. The number of methoxy groups -OCH3 is 1. The minimum atomic E-state index is -0.970. The van der Waals surface area contributed by atoms with Crippen LogP contribution in [0.1, 0.15) is 24.1 Å². The smallest absolute Gasteiger partial charge is 0.266 e. The van der Waals surface area contributed by atoms with E-state index >= 15 is 0 Å². The topological polar surface area (TPSA) is 79.3 Å². The second kappa shape index (κ2) is 8.77. The molecule has 34 heavy (non-hydrogen) atoms. The molecule has 0 radical (unpaired) electrons. The molecule has 2 saturated heterocycles. The monoisotopic (exact) mass is 522 g/mol. The molecule has 0 spiro atoms. The molecule has 174 valence electrons. The average molecular weight is 523 g/mol. The van der Waals surface area contributed by atoms with Crippen molar-refractivity contribution in [3.8, 4) is 11.5 Å². The van der Waals surface area contributed by atoms with Gasteiger partial charge in [-0.05, 0) is 69.9 Å². The number of anilines is 2. The molecule has 3 unspecified atom stereocenters. The second-order valence-corrected chi connectivity index (χ2v) is 9.10. The Labute approximate surface area is 205 Å². The zero-order valence-electron chi connectivity index (χ0n) is 18.6. The van der Waals surface area contributed by atoms with Gasteiger partial charge < -0.3 is 9.84 Å². The number of aryl methyl sites for hydroxylation is 1. The summed E-state index contributed by atoms with van der Waals surface area (Å²) in [6.45, 7) is 2.05. The van der Waals surface area contributed by atoms with Crippen LogP contribution in [0, 0.1) is 5.92 Å². The number of amides is 2. The average Bonchev–Trinajstić information content (AvgIpc) is 3.37. The molecule has 0 aliphatic carbocycles. The van der Waals surface area contributed by atoms with E-state index in [1.165, 1.54) is 12.0 Å². The number of hydroxylamine groups is 1. The zero-order valence-corrected chi connectivity index (χ0v) is 20.2. The Morgan fingerprint density at radius 1 is 1.00 bits per heavy atom. The van der Waals surface area contributed by atoms with E-state index in [1.54, 1.807) is 29.3 Å². The number of hydrogen-bond donors (Lipinski definition) is 1. The number of phenolic OH excluding ortho intramolecular Hbond substituents is 1. The molecule has 1 N–H and O–H groups in total. The molecule has 2 aliphatic heterocycles. The predicted molar refractivity (Wildman–Crippen MR) is 131 cm³/mol. The van der Waals surface area contributed by atoms with Gasteiger partial charge in [0, 0.05) is 0 Å². The molecule has 3 aromatic carbocycles. The molecule has 2 fully saturated rings. The number of ether oxygens (including phenoxy) is 1. The number of carbonyl (C=O) groups excluding carboxylic acids is 2. The molecule has 0 aromatic heterocycles. The maximum atomic E-state index is 13.7. The minimum absolute atomic E-state index is 0.0422. The van der Waals surface area contributed by atoms with Crippen LogP contribution < -0.4 is 14.7 Å². The van der Waals surface area contributed by atoms with Gasteiger partial charge in [0.1, 0.15) is 5.92 Å². The second-order valence-electron chi connectivity index (χ2n) is 8.24. The highest BCUT2D eigenvalue weighted by atomic mass is 79.9. The molecule has 2 amide bonds. The number of aromatic hydroxyl groups is 1. The molecule has 2 aliphatic rings. The molecule has 5 rings (SSSR count). The van der Waals surface area contributed by atoms with Crippen molar-refractivity contribution in [2.45, 2.75) is 25.5 Å². The first-order valence-corrected chi connectivity index (χ1v) is 11.8. The maximum absolute atomic E-state index is 13.7. The number of benzene rings is 3. The molecule has 7 nitrogen and oxygen atoms in total. The van der Waals surface area contributed by atoms with Crippen molar-refractivity contribution in [3.63, 3.8) is 0 Å². The summed E-state index contributed by atoms with van der Waals surface area (Å²) >= 11 is 3.37. The Morgan fingerprint density at radius 2 is 1.71 bits per heavy atom. The lowest BCUT2D eigenvalue weighted by Crippen LogP contribution is -2.37. The van der Waals surface area contributed by atoms with Gasteiger partial charge in [0.25, 0.3) is 5.91 Å². The Bertz CT molecular complexity index is 1250. The van der Waals surface area contributed by atoms with Crippen molar-refractivity contribution in [2.24, 2.45) is 5.92 Å². The maximum Gasteiger partial charge on any atom is 0.266 e. The van der Waals surface area contributed by atoms with Crippen molar-refractivity contribution in [1.82, 2.24) is 0 Å². The molecular weight excluding hydrogens is 500 g/mol. The number of halogens is 1. The van der Waals surface area contributed by atoms with Crippen molar-refractivity contribution in [2.75, 3.05) is 17.1 Å². The molecule has 3 aromatic rings. The largest absolute Gasteiger partial charge is 0.503 e. The van der Waals surface area contributed by atoms with Gasteiger partial charge >= 0.3 is 0 Å². The molecule has 2 heterocycles. The lowest BCUT2D eigenvalue weighted by molar-refractivity contribution is -0.126. The number of para-hydroxylation sites is 1.